The molecule has 1 aliphatic rings. The molecule has 0 fully saturated rings. The molecule has 0 spiro atoms. The summed E-state index contributed by atoms with van der Waals surface area (Å²) in [6, 6.07) is 11.3. The number of rotatable bonds is 3. The minimum Gasteiger partial charge on any atom is -0.469 e. The molecule has 0 aromatic heterocycles. The van der Waals surface area contributed by atoms with Crippen LogP contribution >= 0.6 is 23.2 Å². The van der Waals surface area contributed by atoms with Crippen molar-refractivity contribution < 1.29 is 14.3 Å². The summed E-state index contributed by atoms with van der Waals surface area (Å²) < 4.78 is 4.67. The lowest BCUT2D eigenvalue weighted by atomic mass is 10.0. The van der Waals surface area contributed by atoms with Gasteiger partial charge in [-0.1, -0.05) is 41.4 Å². The van der Waals surface area contributed by atoms with E-state index in [1.54, 1.807) is 36.4 Å². The van der Waals surface area contributed by atoms with Gasteiger partial charge in [-0.15, -0.1) is 0 Å². The van der Waals surface area contributed by atoms with Gasteiger partial charge in [0.2, 0.25) is 5.91 Å². The second kappa shape index (κ2) is 7.25. The molecule has 5 nitrogen and oxygen atoms in total. The quantitative estimate of drug-likeness (QED) is 0.830. The second-order valence-corrected chi connectivity index (χ2v) is 6.28. The van der Waals surface area contributed by atoms with E-state index >= 15 is 0 Å². The lowest BCUT2D eigenvalue weighted by Gasteiger charge is -2.11. The lowest BCUT2D eigenvalue weighted by Crippen LogP contribution is -2.28. The first-order chi connectivity index (χ1) is 12.0. The number of amides is 1. The summed E-state index contributed by atoms with van der Waals surface area (Å²) in [7, 11) is 1.27. The maximum atomic E-state index is 12.5. The van der Waals surface area contributed by atoms with Crippen LogP contribution < -0.4 is 5.32 Å². The van der Waals surface area contributed by atoms with Gasteiger partial charge in [0.05, 0.1) is 24.9 Å². The van der Waals surface area contributed by atoms with Crippen molar-refractivity contribution in [3.05, 3.63) is 63.6 Å². The first-order valence-electron chi connectivity index (χ1n) is 7.50. The summed E-state index contributed by atoms with van der Waals surface area (Å²) in [5, 5.41) is 3.77. The number of esters is 1. The molecule has 7 heteroatoms. The highest BCUT2D eigenvalue weighted by atomic mass is 35.5. The van der Waals surface area contributed by atoms with Gasteiger partial charge >= 0.3 is 5.97 Å². The summed E-state index contributed by atoms with van der Waals surface area (Å²) in [5.74, 6) is -0.914. The number of ether oxygens (including phenoxy) is 1. The fourth-order valence-corrected chi connectivity index (χ4v) is 2.97. The molecule has 25 heavy (non-hydrogen) atoms. The monoisotopic (exact) mass is 376 g/mol. The number of benzene rings is 2. The fraction of sp³-hybridized carbons (Fsp3) is 0.167. The van der Waals surface area contributed by atoms with Crippen LogP contribution in [0.3, 0.4) is 0 Å². The number of benzodiazepines with no additional fused rings is 1. The molecule has 1 atom stereocenters. The Morgan fingerprint density at radius 3 is 2.68 bits per heavy atom. The summed E-state index contributed by atoms with van der Waals surface area (Å²) in [6.45, 7) is 0. The Bertz CT molecular complexity index is 880. The van der Waals surface area contributed by atoms with E-state index in [9.17, 15) is 9.59 Å². The standard InChI is InChI=1S/C18H14Cl2N2O3/c1-25-16(23)9-15-18(24)22-14-7-6-10(19)8-12(14)17(21-15)11-4-2-3-5-13(11)20/h2-8,15H,9H2,1H3,(H,22,24)/t15-/m1/s1. The Morgan fingerprint density at radius 2 is 1.96 bits per heavy atom. The zero-order chi connectivity index (χ0) is 18.0. The number of methoxy groups -OCH3 is 1. The van der Waals surface area contributed by atoms with Gasteiger partial charge in [0.25, 0.3) is 0 Å². The van der Waals surface area contributed by atoms with Gasteiger partial charge in [0, 0.05) is 21.2 Å². The number of fused-ring (bicyclic) bond motifs is 1. The number of carbonyl (C=O) groups is 2. The summed E-state index contributed by atoms with van der Waals surface area (Å²) in [5.41, 5.74) is 2.34. The molecule has 3 rings (SSSR count). The van der Waals surface area contributed by atoms with Crippen molar-refractivity contribution in [1.82, 2.24) is 0 Å². The van der Waals surface area contributed by atoms with E-state index in [2.05, 4.69) is 15.0 Å². The number of hydrogen-bond acceptors (Lipinski definition) is 4. The van der Waals surface area contributed by atoms with Crippen LogP contribution in [0.1, 0.15) is 17.5 Å². The van der Waals surface area contributed by atoms with Crippen molar-refractivity contribution in [1.29, 1.82) is 0 Å². The highest BCUT2D eigenvalue weighted by molar-refractivity contribution is 6.37. The molecule has 0 unspecified atom stereocenters. The normalized spacial score (nSPS) is 16.4. The zero-order valence-electron chi connectivity index (χ0n) is 13.3. The first-order valence-corrected chi connectivity index (χ1v) is 8.25. The molecular formula is C18H14Cl2N2O3. The highest BCUT2D eigenvalue weighted by Gasteiger charge is 2.28. The van der Waals surface area contributed by atoms with E-state index in [0.717, 1.165) is 0 Å². The predicted octanol–water partition coefficient (Wildman–Crippen LogP) is 3.71. The maximum Gasteiger partial charge on any atom is 0.308 e. The zero-order valence-corrected chi connectivity index (χ0v) is 14.8. The van der Waals surface area contributed by atoms with Crippen LogP contribution in [0.4, 0.5) is 5.69 Å². The van der Waals surface area contributed by atoms with Crippen LogP contribution in [0.2, 0.25) is 10.0 Å². The van der Waals surface area contributed by atoms with Crippen LogP contribution in [0.15, 0.2) is 47.5 Å². The lowest BCUT2D eigenvalue weighted by molar-refractivity contribution is -0.142. The van der Waals surface area contributed by atoms with Crippen molar-refractivity contribution in [2.45, 2.75) is 12.5 Å². The smallest absolute Gasteiger partial charge is 0.308 e. The minimum atomic E-state index is -0.926. The van der Waals surface area contributed by atoms with Gasteiger partial charge in [0.15, 0.2) is 0 Å². The molecule has 1 amide bonds. The van der Waals surface area contributed by atoms with Crippen LogP contribution in [0, 0.1) is 0 Å². The Labute approximate surface area is 154 Å². The van der Waals surface area contributed by atoms with Crippen molar-refractivity contribution in [2.75, 3.05) is 12.4 Å². The van der Waals surface area contributed by atoms with Crippen LogP contribution in [-0.4, -0.2) is 30.7 Å². The van der Waals surface area contributed by atoms with Crippen LogP contribution in [0.25, 0.3) is 0 Å². The third-order valence-electron chi connectivity index (χ3n) is 3.80. The number of carbonyl (C=O) groups excluding carboxylic acids is 2. The van der Waals surface area contributed by atoms with Gasteiger partial charge in [0.1, 0.15) is 6.04 Å². The topological polar surface area (TPSA) is 67.8 Å². The molecule has 0 bridgehead atoms. The molecule has 1 aliphatic heterocycles. The Balaban J connectivity index is 2.19. The predicted molar refractivity (Wildman–Crippen MR) is 97.6 cm³/mol. The van der Waals surface area contributed by atoms with Crippen molar-refractivity contribution >= 4 is 46.5 Å². The van der Waals surface area contributed by atoms with E-state index in [1.165, 1.54) is 7.11 Å². The van der Waals surface area contributed by atoms with E-state index in [-0.39, 0.29) is 6.42 Å². The van der Waals surface area contributed by atoms with Crippen LogP contribution in [-0.2, 0) is 14.3 Å². The van der Waals surface area contributed by atoms with Crippen LogP contribution in [0.5, 0.6) is 0 Å². The fourth-order valence-electron chi connectivity index (χ4n) is 2.57. The van der Waals surface area contributed by atoms with E-state index in [4.69, 9.17) is 23.2 Å². The largest absolute Gasteiger partial charge is 0.469 e. The van der Waals surface area contributed by atoms with Crippen molar-refractivity contribution in [3.63, 3.8) is 0 Å². The van der Waals surface area contributed by atoms with Gasteiger partial charge in [-0.3, -0.25) is 14.6 Å². The first kappa shape index (κ1) is 17.5. The van der Waals surface area contributed by atoms with Crippen molar-refractivity contribution in [3.8, 4) is 0 Å². The number of nitrogens with zero attached hydrogens (tertiary/aromatic N) is 1. The summed E-state index contributed by atoms with van der Waals surface area (Å²) in [4.78, 5) is 28.7. The molecule has 0 saturated heterocycles. The molecule has 0 radical (unpaired) electrons. The molecule has 1 heterocycles. The van der Waals surface area contributed by atoms with Gasteiger partial charge < -0.3 is 10.1 Å². The number of aliphatic imine (C=N–C) groups is 1. The van der Waals surface area contributed by atoms with Crippen molar-refractivity contribution in [2.24, 2.45) is 4.99 Å². The number of halogens is 2. The maximum absolute atomic E-state index is 12.5. The number of hydrogen-bond donors (Lipinski definition) is 1. The van der Waals surface area contributed by atoms with E-state index in [0.29, 0.717) is 32.6 Å². The molecule has 2 aromatic carbocycles. The third kappa shape index (κ3) is 3.67. The van der Waals surface area contributed by atoms with E-state index < -0.39 is 17.9 Å². The average molecular weight is 377 g/mol. The molecule has 0 aliphatic carbocycles. The van der Waals surface area contributed by atoms with Gasteiger partial charge in [-0.25, -0.2) is 0 Å². The molecule has 128 valence electrons. The number of nitrogens with one attached hydrogen (secondary N) is 1. The average Bonchev–Trinajstić information content (AvgIpc) is 2.72. The molecule has 1 N–H and O–H groups in total. The summed E-state index contributed by atoms with van der Waals surface area (Å²) >= 11 is 12.5. The molecule has 2 aromatic rings. The number of anilines is 1. The Morgan fingerprint density at radius 1 is 1.20 bits per heavy atom. The summed E-state index contributed by atoms with van der Waals surface area (Å²) in [6.07, 6.45) is -0.169. The SMILES string of the molecule is COC(=O)C[C@H]1N=C(c2ccccc2Cl)c2cc(Cl)ccc2NC1=O. The minimum absolute atomic E-state index is 0.169. The molecular weight excluding hydrogens is 363 g/mol. The van der Waals surface area contributed by atoms with Gasteiger partial charge in [-0.2, -0.15) is 0 Å². The van der Waals surface area contributed by atoms with Gasteiger partial charge in [-0.05, 0) is 24.3 Å². The Kier molecular flexibility index (Phi) is 5.06. The Hall–Kier alpha value is -2.37. The highest BCUT2D eigenvalue weighted by Crippen LogP contribution is 2.30. The second-order valence-electron chi connectivity index (χ2n) is 5.43. The molecule has 0 saturated carbocycles. The third-order valence-corrected chi connectivity index (χ3v) is 4.36. The van der Waals surface area contributed by atoms with E-state index in [1.807, 2.05) is 6.07 Å².